The summed E-state index contributed by atoms with van der Waals surface area (Å²) in [6.07, 6.45) is 1.81. The van der Waals surface area contributed by atoms with Gasteiger partial charge in [-0.25, -0.2) is 4.99 Å². The SMILES string of the molecule is NC(=Nc1cccc2c1Cc1ccccc1-2)Nc1cccc2c1Cc1ccccc1-2. The summed E-state index contributed by atoms with van der Waals surface area (Å²) in [7, 11) is 0. The first kappa shape index (κ1) is 17.0. The Balaban J connectivity index is 1.34. The third-order valence-electron chi connectivity index (χ3n) is 6.18. The van der Waals surface area contributed by atoms with E-state index in [1.807, 2.05) is 6.07 Å². The fourth-order valence-electron chi connectivity index (χ4n) is 4.82. The Kier molecular flexibility index (Phi) is 3.75. The Hall–Kier alpha value is -3.85. The second kappa shape index (κ2) is 6.60. The van der Waals surface area contributed by atoms with Gasteiger partial charge in [-0.3, -0.25) is 0 Å². The maximum atomic E-state index is 6.37. The average molecular weight is 387 g/mol. The lowest BCUT2D eigenvalue weighted by Crippen LogP contribution is -2.22. The van der Waals surface area contributed by atoms with E-state index in [1.165, 1.54) is 44.5 Å². The highest BCUT2D eigenvalue weighted by atomic mass is 15.1. The van der Waals surface area contributed by atoms with Crippen molar-refractivity contribution in [1.29, 1.82) is 0 Å². The van der Waals surface area contributed by atoms with Crippen molar-refractivity contribution in [3.8, 4) is 22.3 Å². The number of nitrogens with one attached hydrogen (secondary N) is 1. The summed E-state index contributed by atoms with van der Waals surface area (Å²) >= 11 is 0. The average Bonchev–Trinajstić information content (AvgIpc) is 3.34. The van der Waals surface area contributed by atoms with Gasteiger partial charge in [0.05, 0.1) is 5.69 Å². The lowest BCUT2D eigenvalue weighted by atomic mass is 10.0. The molecular weight excluding hydrogens is 366 g/mol. The van der Waals surface area contributed by atoms with E-state index in [9.17, 15) is 0 Å². The molecule has 0 saturated carbocycles. The zero-order valence-corrected chi connectivity index (χ0v) is 16.5. The summed E-state index contributed by atoms with van der Waals surface area (Å²) in [5.41, 5.74) is 18.7. The first-order valence-corrected chi connectivity index (χ1v) is 10.3. The highest BCUT2D eigenvalue weighted by Gasteiger charge is 2.22. The number of nitrogens with zero attached hydrogens (tertiary/aromatic N) is 1. The molecule has 0 radical (unpaired) electrons. The van der Waals surface area contributed by atoms with Crippen LogP contribution in [0.25, 0.3) is 22.3 Å². The van der Waals surface area contributed by atoms with Gasteiger partial charge in [-0.1, -0.05) is 72.8 Å². The van der Waals surface area contributed by atoms with Crippen LogP contribution in [-0.4, -0.2) is 5.96 Å². The van der Waals surface area contributed by atoms with Crippen molar-refractivity contribution < 1.29 is 0 Å². The summed E-state index contributed by atoms with van der Waals surface area (Å²) in [5, 5.41) is 3.37. The first-order valence-electron chi connectivity index (χ1n) is 10.3. The van der Waals surface area contributed by atoms with Gasteiger partial charge in [0.2, 0.25) is 0 Å². The molecule has 0 heterocycles. The molecular formula is C27H21N3. The molecule has 3 nitrogen and oxygen atoms in total. The molecule has 0 aromatic heterocycles. The molecule has 0 spiro atoms. The van der Waals surface area contributed by atoms with Crippen LogP contribution in [0.1, 0.15) is 22.3 Å². The summed E-state index contributed by atoms with van der Waals surface area (Å²) < 4.78 is 0. The van der Waals surface area contributed by atoms with E-state index >= 15 is 0 Å². The Labute approximate surface area is 175 Å². The first-order chi connectivity index (χ1) is 14.8. The third kappa shape index (κ3) is 2.63. The lowest BCUT2D eigenvalue weighted by Gasteiger charge is -2.12. The number of fused-ring (bicyclic) bond motifs is 6. The number of aliphatic imine (C=N–C) groups is 1. The van der Waals surface area contributed by atoms with E-state index in [1.54, 1.807) is 0 Å². The fraction of sp³-hybridized carbons (Fsp3) is 0.0741. The topological polar surface area (TPSA) is 50.4 Å². The normalized spacial score (nSPS) is 13.4. The summed E-state index contributed by atoms with van der Waals surface area (Å²) in [4.78, 5) is 4.77. The molecule has 0 aliphatic heterocycles. The van der Waals surface area contributed by atoms with Gasteiger partial charge in [0.15, 0.2) is 5.96 Å². The molecule has 0 saturated heterocycles. The van der Waals surface area contributed by atoms with Crippen molar-refractivity contribution in [3.05, 3.63) is 107 Å². The number of benzene rings is 4. The Bertz CT molecular complexity index is 1330. The molecule has 0 unspecified atom stereocenters. The summed E-state index contributed by atoms with van der Waals surface area (Å²) in [6, 6.07) is 29.8. The lowest BCUT2D eigenvalue weighted by molar-refractivity contribution is 1.24. The van der Waals surface area contributed by atoms with E-state index in [0.717, 1.165) is 24.2 Å². The largest absolute Gasteiger partial charge is 0.369 e. The van der Waals surface area contributed by atoms with Gasteiger partial charge in [-0.05, 0) is 56.6 Å². The van der Waals surface area contributed by atoms with Crippen LogP contribution in [0.3, 0.4) is 0 Å². The standard InChI is InChI=1S/C27H21N3/c28-27(29-25-13-5-11-21-19-9-3-1-7-17(19)15-23(21)25)30-26-14-6-12-22-20-10-4-2-8-18(20)16-24(22)26/h1-14H,15-16H2,(H3,28,29,30). The molecule has 4 aromatic carbocycles. The molecule has 0 atom stereocenters. The Morgan fingerprint density at radius 2 is 1.20 bits per heavy atom. The second-order valence-electron chi connectivity index (χ2n) is 7.92. The molecule has 3 heteroatoms. The van der Waals surface area contributed by atoms with Crippen LogP contribution in [0.2, 0.25) is 0 Å². The van der Waals surface area contributed by atoms with Crippen LogP contribution >= 0.6 is 0 Å². The van der Waals surface area contributed by atoms with Crippen LogP contribution in [0.15, 0.2) is 89.9 Å². The summed E-state index contributed by atoms with van der Waals surface area (Å²) in [6.45, 7) is 0. The van der Waals surface area contributed by atoms with Crippen molar-refractivity contribution in [2.24, 2.45) is 10.7 Å². The highest BCUT2D eigenvalue weighted by Crippen LogP contribution is 2.42. The Morgan fingerprint density at radius 3 is 1.93 bits per heavy atom. The molecule has 2 aliphatic rings. The number of nitrogens with two attached hydrogens (primary N) is 1. The van der Waals surface area contributed by atoms with Gasteiger partial charge in [0, 0.05) is 18.5 Å². The van der Waals surface area contributed by atoms with Crippen LogP contribution in [0.5, 0.6) is 0 Å². The van der Waals surface area contributed by atoms with E-state index in [-0.39, 0.29) is 0 Å². The zero-order valence-electron chi connectivity index (χ0n) is 16.5. The molecule has 6 rings (SSSR count). The predicted octanol–water partition coefficient (Wildman–Crippen LogP) is 5.89. The molecule has 3 N–H and O–H groups in total. The molecule has 2 aliphatic carbocycles. The van der Waals surface area contributed by atoms with Gasteiger partial charge < -0.3 is 11.1 Å². The van der Waals surface area contributed by atoms with Crippen LogP contribution in [0, 0.1) is 0 Å². The van der Waals surface area contributed by atoms with E-state index in [2.05, 4.69) is 84.2 Å². The minimum absolute atomic E-state index is 0.420. The van der Waals surface area contributed by atoms with E-state index < -0.39 is 0 Å². The van der Waals surface area contributed by atoms with Crippen LogP contribution < -0.4 is 11.1 Å². The third-order valence-corrected chi connectivity index (χ3v) is 6.18. The van der Waals surface area contributed by atoms with Crippen molar-refractivity contribution in [2.75, 3.05) is 5.32 Å². The zero-order chi connectivity index (χ0) is 20.1. The minimum atomic E-state index is 0.420. The predicted molar refractivity (Wildman–Crippen MR) is 124 cm³/mol. The van der Waals surface area contributed by atoms with Gasteiger partial charge >= 0.3 is 0 Å². The van der Waals surface area contributed by atoms with Gasteiger partial charge in [0.1, 0.15) is 0 Å². The molecule has 0 fully saturated rings. The number of hydrogen-bond acceptors (Lipinski definition) is 1. The number of hydrogen-bond donors (Lipinski definition) is 2. The van der Waals surface area contributed by atoms with Gasteiger partial charge in [-0.2, -0.15) is 0 Å². The smallest absolute Gasteiger partial charge is 0.198 e. The molecule has 0 amide bonds. The van der Waals surface area contributed by atoms with Crippen molar-refractivity contribution in [2.45, 2.75) is 12.8 Å². The molecule has 144 valence electrons. The monoisotopic (exact) mass is 387 g/mol. The molecule has 30 heavy (non-hydrogen) atoms. The number of guanidine groups is 1. The fourth-order valence-corrected chi connectivity index (χ4v) is 4.82. The molecule has 0 bridgehead atoms. The van der Waals surface area contributed by atoms with Crippen molar-refractivity contribution >= 4 is 17.3 Å². The van der Waals surface area contributed by atoms with E-state index in [0.29, 0.717) is 5.96 Å². The Morgan fingerprint density at radius 1 is 0.633 bits per heavy atom. The maximum absolute atomic E-state index is 6.37. The number of rotatable bonds is 2. The minimum Gasteiger partial charge on any atom is -0.369 e. The van der Waals surface area contributed by atoms with Crippen LogP contribution in [0.4, 0.5) is 11.4 Å². The van der Waals surface area contributed by atoms with E-state index in [4.69, 9.17) is 10.7 Å². The van der Waals surface area contributed by atoms with Crippen molar-refractivity contribution in [3.63, 3.8) is 0 Å². The van der Waals surface area contributed by atoms with Crippen LogP contribution in [-0.2, 0) is 12.8 Å². The van der Waals surface area contributed by atoms with Crippen molar-refractivity contribution in [1.82, 2.24) is 0 Å². The molecule has 4 aromatic rings. The van der Waals surface area contributed by atoms with Gasteiger partial charge in [0.25, 0.3) is 0 Å². The second-order valence-corrected chi connectivity index (χ2v) is 7.92. The summed E-state index contributed by atoms with van der Waals surface area (Å²) in [5.74, 6) is 0.420. The quantitative estimate of drug-likeness (QED) is 0.288. The highest BCUT2D eigenvalue weighted by molar-refractivity contribution is 5.97. The maximum Gasteiger partial charge on any atom is 0.198 e. The number of anilines is 1. The van der Waals surface area contributed by atoms with Gasteiger partial charge in [-0.15, -0.1) is 0 Å².